The van der Waals surface area contributed by atoms with E-state index in [1.54, 1.807) is 6.20 Å². The zero-order valence-electron chi connectivity index (χ0n) is 12.8. The minimum absolute atomic E-state index is 0.108. The molecule has 1 rings (SSSR count). The lowest BCUT2D eigenvalue weighted by Gasteiger charge is -2.11. The van der Waals surface area contributed by atoms with Crippen molar-refractivity contribution in [1.82, 2.24) is 14.9 Å². The van der Waals surface area contributed by atoms with E-state index in [2.05, 4.69) is 28.7 Å². The van der Waals surface area contributed by atoms with Crippen molar-refractivity contribution in [2.45, 2.75) is 59.0 Å². The predicted octanol–water partition coefficient (Wildman–Crippen LogP) is 2.06. The lowest BCUT2D eigenvalue weighted by molar-refractivity contribution is -0.121. The van der Waals surface area contributed by atoms with Crippen LogP contribution in [0, 0.1) is 5.92 Å². The summed E-state index contributed by atoms with van der Waals surface area (Å²) >= 11 is 0. The molecular formula is C15H28N4O. The van der Waals surface area contributed by atoms with E-state index < -0.39 is 0 Å². The summed E-state index contributed by atoms with van der Waals surface area (Å²) < 4.78 is 2.10. The summed E-state index contributed by atoms with van der Waals surface area (Å²) in [6.45, 7) is 6.53. The highest BCUT2D eigenvalue weighted by Gasteiger charge is 2.06. The van der Waals surface area contributed by atoms with E-state index >= 15 is 0 Å². The first-order valence-electron chi connectivity index (χ1n) is 7.60. The van der Waals surface area contributed by atoms with Crippen molar-refractivity contribution < 1.29 is 4.79 Å². The standard InChI is InChI=1S/C15H28N4O/c1-13(2)12-19-10-9-17-14(19)11-18-15(20)7-5-3-4-6-8-16/h9-10,13H,3-8,11-12,16H2,1-2H3,(H,18,20). The Balaban J connectivity index is 2.22. The molecule has 0 aromatic carbocycles. The fourth-order valence-corrected chi connectivity index (χ4v) is 2.12. The van der Waals surface area contributed by atoms with Crippen LogP contribution in [0.5, 0.6) is 0 Å². The molecule has 5 nitrogen and oxygen atoms in total. The van der Waals surface area contributed by atoms with Gasteiger partial charge in [-0.25, -0.2) is 4.98 Å². The van der Waals surface area contributed by atoms with Gasteiger partial charge in [-0.15, -0.1) is 0 Å². The number of nitrogens with zero attached hydrogens (tertiary/aromatic N) is 2. The Morgan fingerprint density at radius 3 is 2.80 bits per heavy atom. The maximum Gasteiger partial charge on any atom is 0.220 e. The summed E-state index contributed by atoms with van der Waals surface area (Å²) in [4.78, 5) is 16.0. The number of hydrogen-bond donors (Lipinski definition) is 2. The molecule has 1 amide bonds. The quantitative estimate of drug-likeness (QED) is 0.644. The smallest absolute Gasteiger partial charge is 0.220 e. The largest absolute Gasteiger partial charge is 0.349 e. The fraction of sp³-hybridized carbons (Fsp3) is 0.733. The molecule has 0 radical (unpaired) electrons. The number of carbonyl (C=O) groups is 1. The van der Waals surface area contributed by atoms with Crippen molar-refractivity contribution in [3.63, 3.8) is 0 Å². The molecule has 114 valence electrons. The molecule has 0 saturated carbocycles. The van der Waals surface area contributed by atoms with Gasteiger partial charge in [0.05, 0.1) is 6.54 Å². The van der Waals surface area contributed by atoms with Crippen LogP contribution < -0.4 is 11.1 Å². The topological polar surface area (TPSA) is 72.9 Å². The molecule has 0 fully saturated rings. The van der Waals surface area contributed by atoms with Crippen molar-refractivity contribution in [2.24, 2.45) is 11.7 Å². The van der Waals surface area contributed by atoms with E-state index in [-0.39, 0.29) is 5.91 Å². The van der Waals surface area contributed by atoms with Crippen LogP contribution in [0.3, 0.4) is 0 Å². The zero-order valence-corrected chi connectivity index (χ0v) is 12.8. The van der Waals surface area contributed by atoms with Crippen molar-refractivity contribution in [3.05, 3.63) is 18.2 Å². The van der Waals surface area contributed by atoms with Gasteiger partial charge in [0.2, 0.25) is 5.91 Å². The van der Waals surface area contributed by atoms with Crippen LogP contribution in [0.25, 0.3) is 0 Å². The average molecular weight is 280 g/mol. The summed E-state index contributed by atoms with van der Waals surface area (Å²) in [7, 11) is 0. The maximum atomic E-state index is 11.7. The summed E-state index contributed by atoms with van der Waals surface area (Å²) in [5, 5.41) is 2.94. The van der Waals surface area contributed by atoms with Gasteiger partial charge in [0.25, 0.3) is 0 Å². The van der Waals surface area contributed by atoms with E-state index in [4.69, 9.17) is 5.73 Å². The van der Waals surface area contributed by atoms with Gasteiger partial charge in [-0.3, -0.25) is 4.79 Å². The molecule has 5 heteroatoms. The van der Waals surface area contributed by atoms with Gasteiger partial charge < -0.3 is 15.6 Å². The lowest BCUT2D eigenvalue weighted by Crippen LogP contribution is -2.24. The zero-order chi connectivity index (χ0) is 14.8. The molecule has 1 aromatic heterocycles. The molecule has 0 atom stereocenters. The molecule has 1 heterocycles. The SMILES string of the molecule is CC(C)Cn1ccnc1CNC(=O)CCCCCCN. The van der Waals surface area contributed by atoms with Gasteiger partial charge in [-0.2, -0.15) is 0 Å². The van der Waals surface area contributed by atoms with Crippen LogP contribution in [0.1, 0.15) is 51.8 Å². The minimum atomic E-state index is 0.108. The number of aromatic nitrogens is 2. The molecular weight excluding hydrogens is 252 g/mol. The van der Waals surface area contributed by atoms with E-state index in [9.17, 15) is 4.79 Å². The molecule has 0 spiro atoms. The van der Waals surface area contributed by atoms with Gasteiger partial charge in [-0.1, -0.05) is 26.7 Å². The average Bonchev–Trinajstić information content (AvgIpc) is 2.82. The van der Waals surface area contributed by atoms with Gasteiger partial charge >= 0.3 is 0 Å². The van der Waals surface area contributed by atoms with Gasteiger partial charge in [-0.05, 0) is 25.3 Å². The summed E-state index contributed by atoms with van der Waals surface area (Å²) in [6, 6.07) is 0. The van der Waals surface area contributed by atoms with Crippen molar-refractivity contribution in [1.29, 1.82) is 0 Å². The first-order chi connectivity index (χ1) is 9.63. The minimum Gasteiger partial charge on any atom is -0.349 e. The van der Waals surface area contributed by atoms with Crippen LogP contribution in [0.2, 0.25) is 0 Å². The Kier molecular flexibility index (Phi) is 7.95. The molecule has 20 heavy (non-hydrogen) atoms. The lowest BCUT2D eigenvalue weighted by atomic mass is 10.1. The van der Waals surface area contributed by atoms with Crippen molar-refractivity contribution in [3.8, 4) is 0 Å². The van der Waals surface area contributed by atoms with Crippen LogP contribution >= 0.6 is 0 Å². The summed E-state index contributed by atoms with van der Waals surface area (Å²) in [6.07, 6.45) is 8.52. The Morgan fingerprint density at radius 2 is 2.10 bits per heavy atom. The normalized spacial score (nSPS) is 11.0. The number of hydrogen-bond acceptors (Lipinski definition) is 3. The second-order valence-electron chi connectivity index (χ2n) is 5.62. The van der Waals surface area contributed by atoms with E-state index in [1.807, 2.05) is 6.20 Å². The highest BCUT2D eigenvalue weighted by atomic mass is 16.1. The number of nitrogens with one attached hydrogen (secondary N) is 1. The third-order valence-corrected chi connectivity index (χ3v) is 3.17. The molecule has 0 unspecified atom stereocenters. The maximum absolute atomic E-state index is 11.7. The highest BCUT2D eigenvalue weighted by molar-refractivity contribution is 5.75. The van der Waals surface area contributed by atoms with Gasteiger partial charge in [0.1, 0.15) is 5.82 Å². The van der Waals surface area contributed by atoms with Crippen LogP contribution in [0.4, 0.5) is 0 Å². The van der Waals surface area contributed by atoms with Gasteiger partial charge in [0.15, 0.2) is 0 Å². The Hall–Kier alpha value is -1.36. The van der Waals surface area contributed by atoms with E-state index in [0.29, 0.717) is 18.9 Å². The Bertz CT molecular complexity index is 387. The first-order valence-corrected chi connectivity index (χ1v) is 7.60. The van der Waals surface area contributed by atoms with Crippen LogP contribution in [0.15, 0.2) is 12.4 Å². The molecule has 0 saturated heterocycles. The molecule has 1 aromatic rings. The van der Waals surface area contributed by atoms with E-state index in [0.717, 1.165) is 44.6 Å². The molecule has 3 N–H and O–H groups in total. The molecule has 0 aliphatic heterocycles. The number of rotatable bonds is 10. The summed E-state index contributed by atoms with van der Waals surface area (Å²) in [5.74, 6) is 1.60. The number of nitrogens with two attached hydrogens (primary N) is 1. The molecule has 0 bridgehead atoms. The predicted molar refractivity (Wildman–Crippen MR) is 81.1 cm³/mol. The monoisotopic (exact) mass is 280 g/mol. The Morgan fingerprint density at radius 1 is 1.35 bits per heavy atom. The second kappa shape index (κ2) is 9.53. The number of carbonyl (C=O) groups excluding carboxylic acids is 1. The van der Waals surface area contributed by atoms with Crippen molar-refractivity contribution >= 4 is 5.91 Å². The van der Waals surface area contributed by atoms with Crippen molar-refractivity contribution in [2.75, 3.05) is 6.54 Å². The highest BCUT2D eigenvalue weighted by Crippen LogP contribution is 2.05. The Labute approximate surface area is 122 Å². The first kappa shape index (κ1) is 16.7. The number of unbranched alkanes of at least 4 members (excludes halogenated alkanes) is 3. The number of imidazole rings is 1. The molecule has 0 aliphatic carbocycles. The second-order valence-corrected chi connectivity index (χ2v) is 5.62. The number of amides is 1. The van der Waals surface area contributed by atoms with E-state index in [1.165, 1.54) is 0 Å². The summed E-state index contributed by atoms with van der Waals surface area (Å²) in [5.41, 5.74) is 5.43. The third kappa shape index (κ3) is 6.70. The van der Waals surface area contributed by atoms with Crippen LogP contribution in [-0.4, -0.2) is 22.0 Å². The van der Waals surface area contributed by atoms with Gasteiger partial charge in [0, 0.05) is 25.4 Å². The molecule has 0 aliphatic rings. The third-order valence-electron chi connectivity index (χ3n) is 3.17. The fourth-order valence-electron chi connectivity index (χ4n) is 2.12. The van der Waals surface area contributed by atoms with Crippen LogP contribution in [-0.2, 0) is 17.9 Å².